The van der Waals surface area contributed by atoms with Gasteiger partial charge >= 0.3 is 0 Å². The Morgan fingerprint density at radius 1 is 1.39 bits per heavy atom. The van der Waals surface area contributed by atoms with Gasteiger partial charge in [0, 0.05) is 19.0 Å². The fraction of sp³-hybridized carbons (Fsp3) is 0.857. The van der Waals surface area contributed by atoms with Gasteiger partial charge in [0.15, 0.2) is 0 Å². The monoisotopic (exact) mass is 252 g/mol. The Morgan fingerprint density at radius 2 is 2.11 bits per heavy atom. The lowest BCUT2D eigenvalue weighted by Gasteiger charge is -2.28. The molecule has 0 saturated heterocycles. The van der Waals surface area contributed by atoms with E-state index in [1.54, 1.807) is 6.33 Å². The molecule has 1 unspecified atom stereocenters. The third-order valence-electron chi connectivity index (χ3n) is 3.23. The summed E-state index contributed by atoms with van der Waals surface area (Å²) in [4.78, 5) is 4.37. The van der Waals surface area contributed by atoms with Crippen LogP contribution >= 0.6 is 0 Å². The molecule has 1 heterocycles. The van der Waals surface area contributed by atoms with Crippen molar-refractivity contribution in [3.8, 4) is 0 Å². The minimum Gasteiger partial charge on any atom is -0.314 e. The van der Waals surface area contributed by atoms with Crippen molar-refractivity contribution in [2.75, 3.05) is 6.54 Å². The highest BCUT2D eigenvalue weighted by Crippen LogP contribution is 2.26. The molecule has 0 aliphatic rings. The van der Waals surface area contributed by atoms with Crippen LogP contribution in [0.1, 0.15) is 53.3 Å². The molecule has 4 nitrogen and oxygen atoms in total. The second-order valence-corrected chi connectivity index (χ2v) is 5.89. The predicted octanol–water partition coefficient (Wildman–Crippen LogP) is 2.64. The van der Waals surface area contributed by atoms with Crippen molar-refractivity contribution in [3.05, 3.63) is 12.2 Å². The summed E-state index contributed by atoms with van der Waals surface area (Å²) in [6, 6.07) is 0.554. The number of aromatic nitrogens is 3. The highest BCUT2D eigenvalue weighted by molar-refractivity contribution is 4.91. The Bertz CT molecular complexity index is 343. The number of aryl methyl sites for hydroxylation is 1. The molecular formula is C14H28N4. The molecular weight excluding hydrogens is 224 g/mol. The van der Waals surface area contributed by atoms with E-state index < -0.39 is 0 Å². The first kappa shape index (κ1) is 15.2. The van der Waals surface area contributed by atoms with Gasteiger partial charge in [-0.2, -0.15) is 5.10 Å². The van der Waals surface area contributed by atoms with E-state index in [2.05, 4.69) is 50.0 Å². The first-order valence-corrected chi connectivity index (χ1v) is 7.08. The average Bonchev–Trinajstić information content (AvgIpc) is 2.72. The van der Waals surface area contributed by atoms with Gasteiger partial charge in [0.25, 0.3) is 0 Å². The lowest BCUT2D eigenvalue weighted by Crippen LogP contribution is -2.33. The number of hydrogen-bond donors (Lipinski definition) is 1. The summed E-state index contributed by atoms with van der Waals surface area (Å²) in [5.74, 6) is 1.10. The molecule has 1 rings (SSSR count). The second-order valence-electron chi connectivity index (χ2n) is 5.89. The van der Waals surface area contributed by atoms with Crippen LogP contribution in [0.2, 0.25) is 0 Å². The molecule has 18 heavy (non-hydrogen) atoms. The average molecular weight is 252 g/mol. The van der Waals surface area contributed by atoms with E-state index in [9.17, 15) is 0 Å². The Balaban J connectivity index is 2.53. The molecule has 1 aromatic heterocycles. The summed E-state index contributed by atoms with van der Waals surface area (Å²) in [6.45, 7) is 13.2. The maximum absolute atomic E-state index is 4.37. The summed E-state index contributed by atoms with van der Waals surface area (Å²) < 4.78 is 1.99. The first-order valence-electron chi connectivity index (χ1n) is 7.08. The van der Waals surface area contributed by atoms with Crippen LogP contribution in [-0.2, 0) is 13.0 Å². The fourth-order valence-electron chi connectivity index (χ4n) is 2.48. The zero-order valence-electron chi connectivity index (χ0n) is 12.5. The molecule has 1 N–H and O–H groups in total. The molecule has 0 aliphatic heterocycles. The molecule has 0 saturated carbocycles. The van der Waals surface area contributed by atoms with Gasteiger partial charge in [-0.25, -0.2) is 4.98 Å². The Kier molecular flexibility index (Phi) is 5.79. The topological polar surface area (TPSA) is 42.7 Å². The summed E-state index contributed by atoms with van der Waals surface area (Å²) in [5.41, 5.74) is 0.250. The van der Waals surface area contributed by atoms with Crippen LogP contribution in [0, 0.1) is 5.41 Å². The molecule has 0 aliphatic carbocycles. The van der Waals surface area contributed by atoms with Gasteiger partial charge in [-0.05, 0) is 38.6 Å². The van der Waals surface area contributed by atoms with Crippen molar-refractivity contribution in [1.82, 2.24) is 20.1 Å². The van der Waals surface area contributed by atoms with Crippen LogP contribution in [0.15, 0.2) is 6.33 Å². The standard InChI is InChI=1S/C14H28N4/c1-6-8-15-12(3)9-14(4,5)10-13-16-11-17-18(13)7-2/h11-12,15H,6-10H2,1-5H3. The van der Waals surface area contributed by atoms with Gasteiger partial charge in [-0.15, -0.1) is 0 Å². The maximum Gasteiger partial charge on any atom is 0.138 e. The van der Waals surface area contributed by atoms with Crippen LogP contribution in [0.4, 0.5) is 0 Å². The van der Waals surface area contributed by atoms with Gasteiger partial charge in [-0.1, -0.05) is 20.8 Å². The molecule has 0 amide bonds. The van der Waals surface area contributed by atoms with Crippen LogP contribution in [0.3, 0.4) is 0 Å². The number of nitrogens with zero attached hydrogens (tertiary/aromatic N) is 3. The van der Waals surface area contributed by atoms with Gasteiger partial charge in [0.2, 0.25) is 0 Å². The van der Waals surface area contributed by atoms with Crippen LogP contribution in [0.5, 0.6) is 0 Å². The predicted molar refractivity (Wildman–Crippen MR) is 75.6 cm³/mol. The van der Waals surface area contributed by atoms with E-state index >= 15 is 0 Å². The summed E-state index contributed by atoms with van der Waals surface area (Å²) in [6.07, 6.45) is 4.99. The van der Waals surface area contributed by atoms with Crippen molar-refractivity contribution in [2.45, 2.75) is 66.5 Å². The largest absolute Gasteiger partial charge is 0.314 e. The van der Waals surface area contributed by atoms with Gasteiger partial charge in [-0.3, -0.25) is 4.68 Å². The highest BCUT2D eigenvalue weighted by Gasteiger charge is 2.23. The van der Waals surface area contributed by atoms with Gasteiger partial charge < -0.3 is 5.32 Å². The van der Waals surface area contributed by atoms with E-state index in [4.69, 9.17) is 0 Å². The molecule has 0 aromatic carbocycles. The zero-order chi connectivity index (χ0) is 13.6. The fourth-order valence-corrected chi connectivity index (χ4v) is 2.48. The zero-order valence-corrected chi connectivity index (χ0v) is 12.5. The molecule has 104 valence electrons. The second kappa shape index (κ2) is 6.88. The lowest BCUT2D eigenvalue weighted by atomic mass is 9.82. The number of rotatable bonds is 8. The third kappa shape index (κ3) is 4.77. The van der Waals surface area contributed by atoms with Crippen LogP contribution < -0.4 is 5.32 Å². The maximum atomic E-state index is 4.37. The van der Waals surface area contributed by atoms with E-state index in [1.165, 1.54) is 6.42 Å². The first-order chi connectivity index (χ1) is 8.48. The quantitative estimate of drug-likeness (QED) is 0.773. The van der Waals surface area contributed by atoms with Crippen LogP contribution in [0.25, 0.3) is 0 Å². The highest BCUT2D eigenvalue weighted by atomic mass is 15.3. The number of nitrogens with one attached hydrogen (secondary N) is 1. The van der Waals surface area contributed by atoms with E-state index in [-0.39, 0.29) is 5.41 Å². The number of hydrogen-bond acceptors (Lipinski definition) is 3. The molecule has 1 aromatic rings. The summed E-state index contributed by atoms with van der Waals surface area (Å²) in [5, 5.41) is 7.79. The Labute approximate surface area is 111 Å². The lowest BCUT2D eigenvalue weighted by molar-refractivity contribution is 0.277. The molecule has 0 bridgehead atoms. The smallest absolute Gasteiger partial charge is 0.138 e. The molecule has 0 spiro atoms. The van der Waals surface area contributed by atoms with Crippen molar-refractivity contribution < 1.29 is 0 Å². The van der Waals surface area contributed by atoms with Crippen molar-refractivity contribution >= 4 is 0 Å². The van der Waals surface area contributed by atoms with E-state index in [0.29, 0.717) is 6.04 Å². The van der Waals surface area contributed by atoms with Crippen molar-refractivity contribution in [2.24, 2.45) is 5.41 Å². The van der Waals surface area contributed by atoms with E-state index in [1.807, 2.05) is 4.68 Å². The SMILES string of the molecule is CCCNC(C)CC(C)(C)Cc1ncnn1CC. The minimum atomic E-state index is 0.250. The van der Waals surface area contributed by atoms with Crippen molar-refractivity contribution in [3.63, 3.8) is 0 Å². The van der Waals surface area contributed by atoms with Crippen molar-refractivity contribution in [1.29, 1.82) is 0 Å². The molecule has 1 atom stereocenters. The van der Waals surface area contributed by atoms with Gasteiger partial charge in [0.05, 0.1) is 0 Å². The van der Waals surface area contributed by atoms with Crippen LogP contribution in [-0.4, -0.2) is 27.4 Å². The minimum absolute atomic E-state index is 0.250. The normalized spacial score (nSPS) is 13.8. The summed E-state index contributed by atoms with van der Waals surface area (Å²) in [7, 11) is 0. The molecule has 0 fully saturated rings. The Hall–Kier alpha value is -0.900. The third-order valence-corrected chi connectivity index (χ3v) is 3.23. The van der Waals surface area contributed by atoms with E-state index in [0.717, 1.165) is 31.8 Å². The molecule has 0 radical (unpaired) electrons. The Morgan fingerprint density at radius 3 is 2.72 bits per heavy atom. The van der Waals surface area contributed by atoms with Gasteiger partial charge in [0.1, 0.15) is 12.2 Å². The molecule has 4 heteroatoms. The summed E-state index contributed by atoms with van der Waals surface area (Å²) >= 11 is 0.